The molecule has 3 N–H and O–H groups in total. The van der Waals surface area contributed by atoms with Crippen LogP contribution in [0, 0.1) is 5.92 Å². The lowest BCUT2D eigenvalue weighted by Gasteiger charge is -2.27. The fourth-order valence-electron chi connectivity index (χ4n) is 3.17. The first-order chi connectivity index (χ1) is 11.5. The lowest BCUT2D eigenvalue weighted by molar-refractivity contribution is 0.101. The van der Waals surface area contributed by atoms with Crippen LogP contribution in [0.3, 0.4) is 0 Å². The van der Waals surface area contributed by atoms with E-state index in [1.165, 1.54) is 5.56 Å². The summed E-state index contributed by atoms with van der Waals surface area (Å²) < 4.78 is 0. The van der Waals surface area contributed by atoms with E-state index in [2.05, 4.69) is 41.6 Å². The molecule has 1 aliphatic carbocycles. The predicted octanol–water partition coefficient (Wildman–Crippen LogP) is 2.36. The topological polar surface area (TPSA) is 64.6 Å². The molecule has 0 radical (unpaired) electrons. The number of amides is 2. The fraction of sp³-hybridized carbons (Fsp3) is 0.632. The number of carbonyl (C=O) groups is 1. The van der Waals surface area contributed by atoms with Crippen LogP contribution >= 0.6 is 0 Å². The molecule has 1 fully saturated rings. The van der Waals surface area contributed by atoms with E-state index in [0.29, 0.717) is 19.0 Å². The molecule has 0 saturated heterocycles. The monoisotopic (exact) mass is 333 g/mol. The first-order valence-corrected chi connectivity index (χ1v) is 8.98. The molecule has 1 aromatic rings. The average molecular weight is 333 g/mol. The van der Waals surface area contributed by atoms with Crippen LogP contribution in [0.5, 0.6) is 0 Å². The minimum absolute atomic E-state index is 0.116. The highest BCUT2D eigenvalue weighted by molar-refractivity contribution is 5.73. The summed E-state index contributed by atoms with van der Waals surface area (Å²) in [6.07, 6.45) is 3.65. The van der Waals surface area contributed by atoms with Gasteiger partial charge in [-0.3, -0.25) is 4.90 Å². The number of aliphatic hydroxyl groups is 1. The molecule has 0 heterocycles. The molecular formula is C19H31N3O2. The summed E-state index contributed by atoms with van der Waals surface area (Å²) in [5.41, 5.74) is 1.27. The standard InChI is InChI=1S/C19H31N3O2/c1-15(22(2)14-16-7-4-3-5-8-16)12-20-19(24)21-13-17-9-6-10-18(23)11-17/h3-5,7-8,15,17-18,23H,6,9-14H2,1-2H3,(H2,20,21,24). The first-order valence-electron chi connectivity index (χ1n) is 8.98. The number of carbonyl (C=O) groups excluding carboxylic acids is 1. The van der Waals surface area contributed by atoms with Crippen LogP contribution in [0.25, 0.3) is 0 Å². The number of hydrogen-bond acceptors (Lipinski definition) is 3. The van der Waals surface area contributed by atoms with Crippen molar-refractivity contribution in [2.24, 2.45) is 5.92 Å². The highest BCUT2D eigenvalue weighted by Gasteiger charge is 2.20. The summed E-state index contributed by atoms with van der Waals surface area (Å²) in [5.74, 6) is 0.401. The van der Waals surface area contributed by atoms with Crippen LogP contribution in [-0.2, 0) is 6.54 Å². The smallest absolute Gasteiger partial charge is 0.314 e. The largest absolute Gasteiger partial charge is 0.393 e. The van der Waals surface area contributed by atoms with E-state index in [1.807, 2.05) is 18.2 Å². The number of benzene rings is 1. The predicted molar refractivity (Wildman–Crippen MR) is 96.7 cm³/mol. The van der Waals surface area contributed by atoms with E-state index in [4.69, 9.17) is 0 Å². The molecule has 2 amide bonds. The molecule has 0 aliphatic heterocycles. The summed E-state index contributed by atoms with van der Waals surface area (Å²) in [7, 11) is 2.07. The van der Waals surface area contributed by atoms with Gasteiger partial charge in [0.25, 0.3) is 0 Å². The molecule has 5 nitrogen and oxygen atoms in total. The van der Waals surface area contributed by atoms with Crippen molar-refractivity contribution >= 4 is 6.03 Å². The van der Waals surface area contributed by atoms with Crippen LogP contribution in [0.4, 0.5) is 4.79 Å². The SMILES string of the molecule is CC(CNC(=O)NCC1CCCC(O)C1)N(C)Cc1ccccc1. The number of aliphatic hydroxyl groups excluding tert-OH is 1. The second kappa shape index (κ2) is 9.64. The van der Waals surface area contributed by atoms with Gasteiger partial charge in [-0.05, 0) is 44.7 Å². The maximum atomic E-state index is 11.9. The molecule has 0 spiro atoms. The normalized spacial score (nSPS) is 22.2. The van der Waals surface area contributed by atoms with Gasteiger partial charge in [-0.25, -0.2) is 4.79 Å². The van der Waals surface area contributed by atoms with Gasteiger partial charge < -0.3 is 15.7 Å². The molecule has 3 unspecified atom stereocenters. The third-order valence-corrected chi connectivity index (χ3v) is 4.89. The average Bonchev–Trinajstić information content (AvgIpc) is 2.58. The maximum Gasteiger partial charge on any atom is 0.314 e. The molecule has 1 saturated carbocycles. The molecule has 24 heavy (non-hydrogen) atoms. The molecule has 0 bridgehead atoms. The van der Waals surface area contributed by atoms with E-state index >= 15 is 0 Å². The van der Waals surface area contributed by atoms with Crippen molar-refractivity contribution < 1.29 is 9.90 Å². The Morgan fingerprint density at radius 2 is 2.04 bits per heavy atom. The summed E-state index contributed by atoms with van der Waals surface area (Å²) in [4.78, 5) is 14.2. The van der Waals surface area contributed by atoms with Crippen molar-refractivity contribution in [3.63, 3.8) is 0 Å². The zero-order chi connectivity index (χ0) is 17.4. The van der Waals surface area contributed by atoms with Gasteiger partial charge in [-0.15, -0.1) is 0 Å². The zero-order valence-electron chi connectivity index (χ0n) is 14.9. The van der Waals surface area contributed by atoms with Crippen molar-refractivity contribution in [2.75, 3.05) is 20.1 Å². The Morgan fingerprint density at radius 3 is 2.75 bits per heavy atom. The second-order valence-electron chi connectivity index (χ2n) is 7.03. The lowest BCUT2D eigenvalue weighted by atomic mass is 9.87. The number of likely N-dealkylation sites (N-methyl/N-ethyl adjacent to an activating group) is 1. The van der Waals surface area contributed by atoms with Gasteiger partial charge >= 0.3 is 6.03 Å². The summed E-state index contributed by atoms with van der Waals surface area (Å²) in [5, 5.41) is 15.6. The van der Waals surface area contributed by atoms with E-state index < -0.39 is 0 Å². The van der Waals surface area contributed by atoms with Gasteiger partial charge in [0.1, 0.15) is 0 Å². The highest BCUT2D eigenvalue weighted by atomic mass is 16.3. The van der Waals surface area contributed by atoms with Crippen LogP contribution < -0.4 is 10.6 Å². The third kappa shape index (κ3) is 6.49. The first kappa shape index (κ1) is 18.7. The summed E-state index contributed by atoms with van der Waals surface area (Å²) in [6, 6.07) is 10.5. The molecule has 3 atom stereocenters. The van der Waals surface area contributed by atoms with Crippen molar-refractivity contribution in [2.45, 2.75) is 51.3 Å². The Kier molecular flexibility index (Phi) is 7.53. The quantitative estimate of drug-likeness (QED) is 0.718. The Labute approximate surface area is 145 Å². The van der Waals surface area contributed by atoms with Gasteiger partial charge in [0.15, 0.2) is 0 Å². The van der Waals surface area contributed by atoms with Crippen LogP contribution in [-0.4, -0.2) is 48.3 Å². The van der Waals surface area contributed by atoms with E-state index in [-0.39, 0.29) is 18.2 Å². The van der Waals surface area contributed by atoms with E-state index in [1.54, 1.807) is 0 Å². The molecule has 1 aromatic carbocycles. The highest BCUT2D eigenvalue weighted by Crippen LogP contribution is 2.23. The molecule has 5 heteroatoms. The Balaban J connectivity index is 1.63. The van der Waals surface area contributed by atoms with Gasteiger partial charge in [0.2, 0.25) is 0 Å². The van der Waals surface area contributed by atoms with E-state index in [9.17, 15) is 9.90 Å². The summed E-state index contributed by atoms with van der Waals surface area (Å²) in [6.45, 7) is 4.24. The molecule has 0 aromatic heterocycles. The van der Waals surface area contributed by atoms with E-state index in [0.717, 1.165) is 32.2 Å². The maximum absolute atomic E-state index is 11.9. The number of hydrogen-bond donors (Lipinski definition) is 3. The van der Waals surface area contributed by atoms with Crippen LogP contribution in [0.2, 0.25) is 0 Å². The Morgan fingerprint density at radius 1 is 1.29 bits per heavy atom. The van der Waals surface area contributed by atoms with Crippen molar-refractivity contribution in [3.8, 4) is 0 Å². The molecular weight excluding hydrogens is 302 g/mol. The third-order valence-electron chi connectivity index (χ3n) is 4.89. The minimum Gasteiger partial charge on any atom is -0.393 e. The molecule has 2 rings (SSSR count). The van der Waals surface area contributed by atoms with Crippen LogP contribution in [0.15, 0.2) is 30.3 Å². The van der Waals surface area contributed by atoms with Crippen molar-refractivity contribution in [1.82, 2.24) is 15.5 Å². The number of rotatable bonds is 7. The number of urea groups is 1. The van der Waals surface area contributed by atoms with Gasteiger partial charge in [-0.1, -0.05) is 36.8 Å². The number of nitrogens with one attached hydrogen (secondary N) is 2. The molecule has 134 valence electrons. The summed E-state index contributed by atoms with van der Waals surface area (Å²) >= 11 is 0. The van der Waals surface area contributed by atoms with Gasteiger partial charge in [0.05, 0.1) is 6.10 Å². The molecule has 1 aliphatic rings. The Hall–Kier alpha value is -1.59. The number of nitrogens with zero attached hydrogens (tertiary/aromatic N) is 1. The zero-order valence-corrected chi connectivity index (χ0v) is 14.9. The van der Waals surface area contributed by atoms with Crippen molar-refractivity contribution in [3.05, 3.63) is 35.9 Å². The van der Waals surface area contributed by atoms with Crippen LogP contribution in [0.1, 0.15) is 38.2 Å². The fourth-order valence-corrected chi connectivity index (χ4v) is 3.17. The minimum atomic E-state index is -0.194. The second-order valence-corrected chi connectivity index (χ2v) is 7.03. The van der Waals surface area contributed by atoms with Gasteiger partial charge in [0, 0.05) is 25.7 Å². The lowest BCUT2D eigenvalue weighted by Crippen LogP contribution is -2.45. The Bertz CT molecular complexity index is 495. The van der Waals surface area contributed by atoms with Crippen molar-refractivity contribution in [1.29, 1.82) is 0 Å². The van der Waals surface area contributed by atoms with Gasteiger partial charge in [-0.2, -0.15) is 0 Å².